The summed E-state index contributed by atoms with van der Waals surface area (Å²) in [6.45, 7) is 2.22. The summed E-state index contributed by atoms with van der Waals surface area (Å²) in [6.07, 6.45) is 3.41. The molecule has 0 atom stereocenters. The zero-order valence-corrected chi connectivity index (χ0v) is 10.1. The van der Waals surface area contributed by atoms with Crippen LogP contribution in [-0.2, 0) is 6.54 Å². The summed E-state index contributed by atoms with van der Waals surface area (Å²) in [5.41, 5.74) is 7.16. The number of carbonyl (C=O) groups excluding carboxylic acids is 1. The van der Waals surface area contributed by atoms with Crippen LogP contribution in [0.1, 0.15) is 20.9 Å². The Kier molecular flexibility index (Phi) is 3.34. The Hall–Kier alpha value is -1.95. The van der Waals surface area contributed by atoms with E-state index >= 15 is 0 Å². The molecule has 17 heavy (non-hydrogen) atoms. The first-order valence-corrected chi connectivity index (χ1v) is 5.88. The molecule has 2 aromatic heterocycles. The number of rotatable bonds is 3. The summed E-state index contributed by atoms with van der Waals surface area (Å²) >= 11 is 1.20. The van der Waals surface area contributed by atoms with Gasteiger partial charge in [0.15, 0.2) is 5.13 Å². The van der Waals surface area contributed by atoms with Gasteiger partial charge in [-0.25, -0.2) is 4.98 Å². The SMILES string of the molecule is Cc1nc(N)sc1C(=O)NCc1cccnc1. The van der Waals surface area contributed by atoms with Crippen molar-refractivity contribution in [3.8, 4) is 0 Å². The van der Waals surface area contributed by atoms with Crippen LogP contribution in [0.25, 0.3) is 0 Å². The van der Waals surface area contributed by atoms with Gasteiger partial charge in [0.05, 0.1) is 5.69 Å². The number of thiazole rings is 1. The molecule has 0 aliphatic carbocycles. The molecule has 0 aliphatic rings. The summed E-state index contributed by atoms with van der Waals surface area (Å²) in [4.78, 5) is 20.4. The minimum Gasteiger partial charge on any atom is -0.375 e. The van der Waals surface area contributed by atoms with Crippen molar-refractivity contribution in [3.63, 3.8) is 0 Å². The monoisotopic (exact) mass is 248 g/mol. The molecule has 5 nitrogen and oxygen atoms in total. The van der Waals surface area contributed by atoms with Gasteiger partial charge >= 0.3 is 0 Å². The van der Waals surface area contributed by atoms with E-state index in [0.717, 1.165) is 5.56 Å². The molecule has 0 saturated carbocycles. The number of aromatic nitrogens is 2. The van der Waals surface area contributed by atoms with E-state index < -0.39 is 0 Å². The quantitative estimate of drug-likeness (QED) is 0.859. The molecule has 0 bridgehead atoms. The third kappa shape index (κ3) is 2.79. The normalized spacial score (nSPS) is 10.2. The zero-order chi connectivity index (χ0) is 12.3. The van der Waals surface area contributed by atoms with E-state index in [1.54, 1.807) is 19.3 Å². The molecule has 1 amide bonds. The molecule has 0 radical (unpaired) electrons. The Bertz CT molecular complexity index is 524. The van der Waals surface area contributed by atoms with Gasteiger partial charge in [-0.3, -0.25) is 9.78 Å². The highest BCUT2D eigenvalue weighted by Crippen LogP contribution is 2.19. The molecule has 0 aliphatic heterocycles. The van der Waals surface area contributed by atoms with Gasteiger partial charge in [-0.2, -0.15) is 0 Å². The second kappa shape index (κ2) is 4.92. The summed E-state index contributed by atoms with van der Waals surface area (Å²) < 4.78 is 0. The molecule has 2 heterocycles. The van der Waals surface area contributed by atoms with Crippen molar-refractivity contribution in [2.75, 3.05) is 5.73 Å². The maximum absolute atomic E-state index is 11.8. The van der Waals surface area contributed by atoms with Gasteiger partial charge in [0, 0.05) is 18.9 Å². The van der Waals surface area contributed by atoms with Crippen LogP contribution in [0.3, 0.4) is 0 Å². The second-order valence-electron chi connectivity index (χ2n) is 3.51. The molecule has 2 aromatic rings. The van der Waals surface area contributed by atoms with E-state index in [9.17, 15) is 4.79 Å². The molecule has 0 unspecified atom stereocenters. The van der Waals surface area contributed by atoms with E-state index in [-0.39, 0.29) is 5.91 Å². The van der Waals surface area contributed by atoms with Crippen LogP contribution in [0.2, 0.25) is 0 Å². The predicted octanol–water partition coefficient (Wildman–Crippen LogP) is 1.36. The largest absolute Gasteiger partial charge is 0.375 e. The number of nitrogens with one attached hydrogen (secondary N) is 1. The second-order valence-corrected chi connectivity index (χ2v) is 4.54. The lowest BCUT2D eigenvalue weighted by Crippen LogP contribution is -2.22. The van der Waals surface area contributed by atoms with Crippen molar-refractivity contribution in [1.29, 1.82) is 0 Å². The van der Waals surface area contributed by atoms with Gasteiger partial charge in [-0.1, -0.05) is 17.4 Å². The molecular weight excluding hydrogens is 236 g/mol. The lowest BCUT2D eigenvalue weighted by Gasteiger charge is -2.03. The molecule has 0 aromatic carbocycles. The van der Waals surface area contributed by atoms with Gasteiger partial charge in [-0.05, 0) is 18.6 Å². The fourth-order valence-corrected chi connectivity index (χ4v) is 2.14. The number of nitrogens with two attached hydrogens (primary N) is 1. The maximum Gasteiger partial charge on any atom is 0.263 e. The Morgan fingerprint density at radius 1 is 1.59 bits per heavy atom. The standard InChI is InChI=1S/C11H12N4OS/c1-7-9(17-11(12)15-7)10(16)14-6-8-3-2-4-13-5-8/h2-5H,6H2,1H3,(H2,12,15)(H,14,16). The fourth-order valence-electron chi connectivity index (χ4n) is 1.39. The number of carbonyl (C=O) groups is 1. The lowest BCUT2D eigenvalue weighted by molar-refractivity contribution is 0.0954. The topological polar surface area (TPSA) is 80.9 Å². The highest BCUT2D eigenvalue weighted by molar-refractivity contribution is 7.17. The molecule has 3 N–H and O–H groups in total. The minimum absolute atomic E-state index is 0.152. The highest BCUT2D eigenvalue weighted by Gasteiger charge is 2.13. The number of anilines is 1. The van der Waals surface area contributed by atoms with Gasteiger partial charge in [-0.15, -0.1) is 0 Å². The maximum atomic E-state index is 11.8. The highest BCUT2D eigenvalue weighted by atomic mass is 32.1. The first-order valence-electron chi connectivity index (χ1n) is 5.07. The first kappa shape index (κ1) is 11.5. The smallest absolute Gasteiger partial charge is 0.263 e. The van der Waals surface area contributed by atoms with Crippen LogP contribution in [0.4, 0.5) is 5.13 Å². The fraction of sp³-hybridized carbons (Fsp3) is 0.182. The number of hydrogen-bond donors (Lipinski definition) is 2. The number of hydrogen-bond acceptors (Lipinski definition) is 5. The van der Waals surface area contributed by atoms with E-state index in [4.69, 9.17) is 5.73 Å². The summed E-state index contributed by atoms with van der Waals surface area (Å²) in [5, 5.41) is 3.22. The van der Waals surface area contributed by atoms with E-state index in [1.807, 2.05) is 12.1 Å². The Morgan fingerprint density at radius 2 is 2.41 bits per heavy atom. The lowest BCUT2D eigenvalue weighted by atomic mass is 10.3. The van der Waals surface area contributed by atoms with Crippen molar-refractivity contribution in [3.05, 3.63) is 40.7 Å². The van der Waals surface area contributed by atoms with Crippen LogP contribution in [-0.4, -0.2) is 15.9 Å². The molecule has 0 fully saturated rings. The van der Waals surface area contributed by atoms with Crippen molar-refractivity contribution in [2.24, 2.45) is 0 Å². The average Bonchev–Trinajstić information content (AvgIpc) is 2.67. The van der Waals surface area contributed by atoms with Gasteiger partial charge in [0.1, 0.15) is 4.88 Å². The number of amides is 1. The van der Waals surface area contributed by atoms with Crippen molar-refractivity contribution < 1.29 is 4.79 Å². The van der Waals surface area contributed by atoms with Gasteiger partial charge in [0.2, 0.25) is 0 Å². The van der Waals surface area contributed by atoms with Gasteiger partial charge < -0.3 is 11.1 Å². The molecule has 0 saturated heterocycles. The summed E-state index contributed by atoms with van der Waals surface area (Å²) in [7, 11) is 0. The van der Waals surface area contributed by atoms with Crippen molar-refractivity contribution in [1.82, 2.24) is 15.3 Å². The van der Waals surface area contributed by atoms with Crippen molar-refractivity contribution in [2.45, 2.75) is 13.5 Å². The average molecular weight is 248 g/mol. The molecule has 0 spiro atoms. The van der Waals surface area contributed by atoms with Crippen LogP contribution < -0.4 is 11.1 Å². The molecule has 88 valence electrons. The van der Waals surface area contributed by atoms with Crippen LogP contribution in [0.5, 0.6) is 0 Å². The zero-order valence-electron chi connectivity index (χ0n) is 9.30. The number of nitrogen functional groups attached to an aromatic ring is 1. The summed E-state index contributed by atoms with van der Waals surface area (Å²) in [6, 6.07) is 3.73. The number of pyridine rings is 1. The first-order chi connectivity index (χ1) is 8.16. The molecule has 6 heteroatoms. The third-order valence-electron chi connectivity index (χ3n) is 2.20. The Balaban J connectivity index is 2.01. The van der Waals surface area contributed by atoms with Crippen LogP contribution in [0.15, 0.2) is 24.5 Å². The van der Waals surface area contributed by atoms with E-state index in [2.05, 4.69) is 15.3 Å². The van der Waals surface area contributed by atoms with Crippen molar-refractivity contribution >= 4 is 22.4 Å². The Labute approximate surface area is 103 Å². The van der Waals surface area contributed by atoms with Crippen LogP contribution >= 0.6 is 11.3 Å². The molecule has 2 rings (SSSR count). The van der Waals surface area contributed by atoms with Gasteiger partial charge in [0.25, 0.3) is 5.91 Å². The molecular formula is C11H12N4OS. The third-order valence-corrected chi connectivity index (χ3v) is 3.18. The van der Waals surface area contributed by atoms with E-state index in [1.165, 1.54) is 11.3 Å². The predicted molar refractivity (Wildman–Crippen MR) is 66.7 cm³/mol. The summed E-state index contributed by atoms with van der Waals surface area (Å²) in [5.74, 6) is -0.152. The van der Waals surface area contributed by atoms with Crippen LogP contribution in [0, 0.1) is 6.92 Å². The minimum atomic E-state index is -0.152. The Morgan fingerprint density at radius 3 is 3.00 bits per heavy atom. The number of aryl methyl sites for hydroxylation is 1. The van der Waals surface area contributed by atoms with E-state index in [0.29, 0.717) is 22.2 Å². The number of nitrogens with zero attached hydrogens (tertiary/aromatic N) is 2.